The second-order valence-corrected chi connectivity index (χ2v) is 5.05. The lowest BCUT2D eigenvalue weighted by Gasteiger charge is -2.21. The molecule has 1 saturated heterocycles. The van der Waals surface area contributed by atoms with Crippen LogP contribution in [-0.2, 0) is 9.59 Å². The van der Waals surface area contributed by atoms with Gasteiger partial charge in [0.1, 0.15) is 6.04 Å². The second-order valence-electron chi connectivity index (χ2n) is 5.05. The molecular weight excluding hydrogens is 262 g/mol. The number of likely N-dealkylation sites (tertiary alicyclic amines) is 1. The molecule has 114 valence electrons. The van der Waals surface area contributed by atoms with Crippen molar-refractivity contribution in [1.82, 2.24) is 15.5 Å². The van der Waals surface area contributed by atoms with Gasteiger partial charge in [0.2, 0.25) is 5.91 Å². The van der Waals surface area contributed by atoms with Crippen LogP contribution in [-0.4, -0.2) is 53.1 Å². The molecule has 1 heterocycles. The molecular formula is C13H23N3O4. The molecule has 1 aliphatic rings. The van der Waals surface area contributed by atoms with Crippen molar-refractivity contribution in [1.29, 1.82) is 0 Å². The fraction of sp³-hybridized carbons (Fsp3) is 0.769. The van der Waals surface area contributed by atoms with Gasteiger partial charge in [0.25, 0.3) is 0 Å². The third-order valence-corrected chi connectivity index (χ3v) is 3.45. The number of carbonyl (C=O) groups excluding carboxylic acids is 2. The van der Waals surface area contributed by atoms with Gasteiger partial charge in [-0.3, -0.25) is 4.79 Å². The number of aliphatic carboxylic acids is 1. The van der Waals surface area contributed by atoms with Gasteiger partial charge in [-0.2, -0.15) is 0 Å². The van der Waals surface area contributed by atoms with E-state index in [-0.39, 0.29) is 24.9 Å². The van der Waals surface area contributed by atoms with E-state index < -0.39 is 18.0 Å². The van der Waals surface area contributed by atoms with Gasteiger partial charge >= 0.3 is 12.0 Å². The van der Waals surface area contributed by atoms with Crippen LogP contribution in [0.4, 0.5) is 4.79 Å². The maximum absolute atomic E-state index is 11.8. The van der Waals surface area contributed by atoms with Crippen LogP contribution in [0.5, 0.6) is 0 Å². The molecule has 0 aromatic rings. The summed E-state index contributed by atoms with van der Waals surface area (Å²) in [6, 6.07) is -1.04. The quantitative estimate of drug-likeness (QED) is 0.663. The highest BCUT2D eigenvalue weighted by atomic mass is 16.4. The molecule has 7 heteroatoms. The Morgan fingerprint density at radius 2 is 2.10 bits per heavy atom. The average molecular weight is 285 g/mol. The number of rotatable bonds is 6. The van der Waals surface area contributed by atoms with Crippen LogP contribution in [0.1, 0.15) is 39.5 Å². The van der Waals surface area contributed by atoms with Gasteiger partial charge in [-0.15, -0.1) is 0 Å². The van der Waals surface area contributed by atoms with Gasteiger partial charge in [-0.25, -0.2) is 9.59 Å². The Morgan fingerprint density at radius 1 is 1.40 bits per heavy atom. The van der Waals surface area contributed by atoms with Crippen LogP contribution in [0.3, 0.4) is 0 Å². The number of amides is 3. The van der Waals surface area contributed by atoms with Gasteiger partial charge in [0.05, 0.1) is 0 Å². The first kappa shape index (κ1) is 16.3. The predicted molar refractivity (Wildman–Crippen MR) is 73.3 cm³/mol. The normalized spacial score (nSPS) is 19.5. The van der Waals surface area contributed by atoms with E-state index in [1.165, 1.54) is 4.90 Å². The second kappa shape index (κ2) is 7.72. The lowest BCUT2D eigenvalue weighted by atomic mass is 10.2. The van der Waals surface area contributed by atoms with Gasteiger partial charge in [0, 0.05) is 25.6 Å². The lowest BCUT2D eigenvalue weighted by molar-refractivity contribution is -0.141. The molecule has 1 fully saturated rings. The summed E-state index contributed by atoms with van der Waals surface area (Å²) in [6.07, 6.45) is 2.23. The minimum atomic E-state index is -0.979. The third kappa shape index (κ3) is 4.71. The SMILES string of the molecule is CCC(C)NC(=O)CCNC(=O)N1CCC[C@H]1C(=O)O. The summed E-state index contributed by atoms with van der Waals surface area (Å²) >= 11 is 0. The zero-order valence-electron chi connectivity index (χ0n) is 12.0. The fourth-order valence-electron chi connectivity index (χ4n) is 2.10. The van der Waals surface area contributed by atoms with Crippen LogP contribution in [0.2, 0.25) is 0 Å². The van der Waals surface area contributed by atoms with E-state index in [1.54, 1.807) is 0 Å². The maximum atomic E-state index is 11.8. The summed E-state index contributed by atoms with van der Waals surface area (Å²) in [5.41, 5.74) is 0. The topological polar surface area (TPSA) is 98.7 Å². The van der Waals surface area contributed by atoms with Crippen molar-refractivity contribution in [3.05, 3.63) is 0 Å². The van der Waals surface area contributed by atoms with E-state index >= 15 is 0 Å². The Labute approximate surface area is 118 Å². The predicted octanol–water partition coefficient (Wildman–Crippen LogP) is 0.550. The van der Waals surface area contributed by atoms with Crippen molar-refractivity contribution in [3.8, 4) is 0 Å². The Bertz CT molecular complexity index is 373. The fourth-order valence-corrected chi connectivity index (χ4v) is 2.10. The van der Waals surface area contributed by atoms with Crippen molar-refractivity contribution in [2.24, 2.45) is 0 Å². The van der Waals surface area contributed by atoms with E-state index in [9.17, 15) is 14.4 Å². The minimum absolute atomic E-state index is 0.115. The van der Waals surface area contributed by atoms with Crippen LogP contribution in [0.15, 0.2) is 0 Å². The molecule has 1 rings (SSSR count). The first-order valence-corrected chi connectivity index (χ1v) is 7.02. The van der Waals surface area contributed by atoms with Gasteiger partial charge in [-0.05, 0) is 26.2 Å². The number of nitrogens with zero attached hydrogens (tertiary/aromatic N) is 1. The van der Waals surface area contributed by atoms with Crippen molar-refractivity contribution in [3.63, 3.8) is 0 Å². The standard InChI is InChI=1S/C13H23N3O4/c1-3-9(2)15-11(17)6-7-14-13(20)16-8-4-5-10(16)12(18)19/h9-10H,3-8H2,1-2H3,(H,14,20)(H,15,17)(H,18,19)/t9?,10-/m0/s1. The first-order valence-electron chi connectivity index (χ1n) is 7.02. The number of hydrogen-bond donors (Lipinski definition) is 3. The van der Waals surface area contributed by atoms with E-state index in [2.05, 4.69) is 10.6 Å². The van der Waals surface area contributed by atoms with E-state index in [1.807, 2.05) is 13.8 Å². The van der Waals surface area contributed by atoms with Crippen molar-refractivity contribution < 1.29 is 19.5 Å². The van der Waals surface area contributed by atoms with Gasteiger partial charge < -0.3 is 20.6 Å². The molecule has 0 aliphatic carbocycles. The Kier molecular flexibility index (Phi) is 6.27. The zero-order valence-corrected chi connectivity index (χ0v) is 12.0. The largest absolute Gasteiger partial charge is 0.480 e. The number of urea groups is 1. The molecule has 0 aromatic heterocycles. The summed E-state index contributed by atoms with van der Waals surface area (Å²) in [4.78, 5) is 35.6. The molecule has 0 saturated carbocycles. The van der Waals surface area contributed by atoms with E-state index in [0.717, 1.165) is 6.42 Å². The first-order chi connectivity index (χ1) is 9.45. The molecule has 1 unspecified atom stereocenters. The molecule has 2 atom stereocenters. The summed E-state index contributed by atoms with van der Waals surface area (Å²) in [6.45, 7) is 4.55. The molecule has 7 nitrogen and oxygen atoms in total. The smallest absolute Gasteiger partial charge is 0.326 e. The molecule has 0 spiro atoms. The van der Waals surface area contributed by atoms with Crippen LogP contribution < -0.4 is 10.6 Å². The van der Waals surface area contributed by atoms with Gasteiger partial charge in [-0.1, -0.05) is 6.92 Å². The average Bonchev–Trinajstić information content (AvgIpc) is 2.87. The molecule has 0 bridgehead atoms. The highest BCUT2D eigenvalue weighted by Crippen LogP contribution is 2.17. The summed E-state index contributed by atoms with van der Waals surface area (Å²) in [7, 11) is 0. The highest BCUT2D eigenvalue weighted by molar-refractivity contribution is 5.83. The molecule has 3 N–H and O–H groups in total. The van der Waals surface area contributed by atoms with Crippen molar-refractivity contribution >= 4 is 17.9 Å². The summed E-state index contributed by atoms with van der Waals surface area (Å²) < 4.78 is 0. The number of nitrogens with one attached hydrogen (secondary N) is 2. The number of carboxylic acid groups (broad SMARTS) is 1. The summed E-state index contributed by atoms with van der Waals surface area (Å²) in [5.74, 6) is -1.09. The van der Waals surface area contributed by atoms with E-state index in [4.69, 9.17) is 5.11 Å². The number of hydrogen-bond acceptors (Lipinski definition) is 3. The van der Waals surface area contributed by atoms with E-state index in [0.29, 0.717) is 19.4 Å². The molecule has 1 aliphatic heterocycles. The lowest BCUT2D eigenvalue weighted by Crippen LogP contribution is -2.46. The number of carbonyl (C=O) groups is 3. The van der Waals surface area contributed by atoms with Crippen LogP contribution in [0, 0.1) is 0 Å². The van der Waals surface area contributed by atoms with Gasteiger partial charge in [0.15, 0.2) is 0 Å². The summed E-state index contributed by atoms with van der Waals surface area (Å²) in [5, 5.41) is 14.4. The third-order valence-electron chi connectivity index (χ3n) is 3.45. The van der Waals surface area contributed by atoms with Crippen LogP contribution >= 0.6 is 0 Å². The highest BCUT2D eigenvalue weighted by Gasteiger charge is 2.33. The minimum Gasteiger partial charge on any atom is -0.480 e. The Balaban J connectivity index is 2.29. The molecule has 0 radical (unpaired) electrons. The van der Waals surface area contributed by atoms with Crippen molar-refractivity contribution in [2.75, 3.05) is 13.1 Å². The number of carboxylic acids is 1. The molecule has 3 amide bonds. The molecule has 20 heavy (non-hydrogen) atoms. The van der Waals surface area contributed by atoms with Crippen molar-refractivity contribution in [2.45, 2.75) is 51.6 Å². The Morgan fingerprint density at radius 3 is 2.70 bits per heavy atom. The maximum Gasteiger partial charge on any atom is 0.326 e. The monoisotopic (exact) mass is 285 g/mol. The Hall–Kier alpha value is -1.79. The van der Waals surface area contributed by atoms with Crippen LogP contribution in [0.25, 0.3) is 0 Å². The zero-order chi connectivity index (χ0) is 15.1. The molecule has 0 aromatic carbocycles.